The van der Waals surface area contributed by atoms with Crippen LogP contribution in [-0.2, 0) is 4.74 Å². The first-order chi connectivity index (χ1) is 8.13. The van der Waals surface area contributed by atoms with Crippen LogP contribution < -0.4 is 11.1 Å². The van der Waals surface area contributed by atoms with Gasteiger partial charge in [-0.1, -0.05) is 30.3 Å². The number of methoxy groups -OCH3 is 1. The SMILES string of the molecule is COC(CN=C(N)NC(C)C)c1ccccc1. The summed E-state index contributed by atoms with van der Waals surface area (Å²) in [6.45, 7) is 4.56. The smallest absolute Gasteiger partial charge is 0.188 e. The van der Waals surface area contributed by atoms with Crippen molar-refractivity contribution in [3.05, 3.63) is 35.9 Å². The Hall–Kier alpha value is -1.55. The molecule has 4 heteroatoms. The first-order valence-corrected chi connectivity index (χ1v) is 5.77. The van der Waals surface area contributed by atoms with Crippen molar-refractivity contribution in [2.45, 2.75) is 26.0 Å². The Morgan fingerprint density at radius 1 is 1.35 bits per heavy atom. The van der Waals surface area contributed by atoms with Crippen molar-refractivity contribution in [1.82, 2.24) is 5.32 Å². The van der Waals surface area contributed by atoms with E-state index in [0.29, 0.717) is 12.5 Å². The highest BCUT2D eigenvalue weighted by Crippen LogP contribution is 2.15. The van der Waals surface area contributed by atoms with Crippen molar-refractivity contribution in [3.8, 4) is 0 Å². The molecule has 0 saturated heterocycles. The summed E-state index contributed by atoms with van der Waals surface area (Å²) in [6.07, 6.45) is -0.0521. The van der Waals surface area contributed by atoms with E-state index in [0.717, 1.165) is 5.56 Å². The number of rotatable bonds is 5. The molecule has 0 aromatic heterocycles. The monoisotopic (exact) mass is 235 g/mol. The third-order valence-electron chi connectivity index (χ3n) is 2.32. The minimum absolute atomic E-state index is 0.0521. The molecule has 0 radical (unpaired) electrons. The minimum atomic E-state index is -0.0521. The molecule has 0 aliphatic carbocycles. The van der Waals surface area contributed by atoms with E-state index >= 15 is 0 Å². The van der Waals surface area contributed by atoms with Crippen molar-refractivity contribution in [3.63, 3.8) is 0 Å². The average Bonchev–Trinajstić information content (AvgIpc) is 2.30. The second kappa shape index (κ2) is 6.91. The summed E-state index contributed by atoms with van der Waals surface area (Å²) in [6, 6.07) is 10.3. The maximum Gasteiger partial charge on any atom is 0.188 e. The lowest BCUT2D eigenvalue weighted by molar-refractivity contribution is 0.111. The van der Waals surface area contributed by atoms with E-state index < -0.39 is 0 Å². The largest absolute Gasteiger partial charge is 0.375 e. The number of hydrogen-bond donors (Lipinski definition) is 2. The van der Waals surface area contributed by atoms with E-state index in [4.69, 9.17) is 10.5 Å². The lowest BCUT2D eigenvalue weighted by Gasteiger charge is -2.14. The second-order valence-corrected chi connectivity index (χ2v) is 4.16. The minimum Gasteiger partial charge on any atom is -0.375 e. The fraction of sp³-hybridized carbons (Fsp3) is 0.462. The number of hydrogen-bond acceptors (Lipinski definition) is 2. The van der Waals surface area contributed by atoms with Crippen LogP contribution >= 0.6 is 0 Å². The van der Waals surface area contributed by atoms with Gasteiger partial charge in [0.2, 0.25) is 0 Å². The third kappa shape index (κ3) is 4.87. The summed E-state index contributed by atoms with van der Waals surface area (Å²) < 4.78 is 5.40. The predicted octanol–water partition coefficient (Wildman–Crippen LogP) is 1.69. The molecule has 0 fully saturated rings. The molecule has 0 aliphatic rings. The zero-order valence-corrected chi connectivity index (χ0v) is 10.7. The van der Waals surface area contributed by atoms with Crippen LogP contribution in [0.3, 0.4) is 0 Å². The Morgan fingerprint density at radius 2 is 2.00 bits per heavy atom. The number of ether oxygens (including phenoxy) is 1. The van der Waals surface area contributed by atoms with E-state index in [2.05, 4.69) is 10.3 Å². The molecule has 0 spiro atoms. The van der Waals surface area contributed by atoms with Gasteiger partial charge in [-0.3, -0.25) is 4.99 Å². The van der Waals surface area contributed by atoms with Gasteiger partial charge in [0, 0.05) is 13.2 Å². The summed E-state index contributed by atoms with van der Waals surface area (Å²) >= 11 is 0. The van der Waals surface area contributed by atoms with Crippen LogP contribution in [0, 0.1) is 0 Å². The molecule has 0 aliphatic heterocycles. The van der Waals surface area contributed by atoms with Gasteiger partial charge < -0.3 is 15.8 Å². The summed E-state index contributed by atoms with van der Waals surface area (Å²) in [4.78, 5) is 4.27. The Morgan fingerprint density at radius 3 is 2.53 bits per heavy atom. The topological polar surface area (TPSA) is 59.6 Å². The first-order valence-electron chi connectivity index (χ1n) is 5.77. The lowest BCUT2D eigenvalue weighted by Crippen LogP contribution is -2.37. The van der Waals surface area contributed by atoms with Crippen molar-refractivity contribution < 1.29 is 4.74 Å². The molecule has 0 heterocycles. The summed E-state index contributed by atoms with van der Waals surface area (Å²) in [7, 11) is 1.68. The molecule has 0 amide bonds. The molecule has 1 unspecified atom stereocenters. The number of aliphatic imine (C=N–C) groups is 1. The van der Waals surface area contributed by atoms with Gasteiger partial charge in [0.1, 0.15) is 6.10 Å². The molecule has 4 nitrogen and oxygen atoms in total. The number of guanidine groups is 1. The summed E-state index contributed by atoms with van der Waals surface area (Å²) in [5.74, 6) is 0.456. The molecule has 3 N–H and O–H groups in total. The van der Waals surface area contributed by atoms with Crippen molar-refractivity contribution in [2.24, 2.45) is 10.7 Å². The zero-order chi connectivity index (χ0) is 12.7. The fourth-order valence-corrected chi connectivity index (χ4v) is 1.51. The third-order valence-corrected chi connectivity index (χ3v) is 2.32. The standard InChI is InChI=1S/C13H21N3O/c1-10(2)16-13(14)15-9-12(17-3)11-7-5-4-6-8-11/h4-8,10,12H,9H2,1-3H3,(H3,14,15,16). The molecule has 17 heavy (non-hydrogen) atoms. The number of benzene rings is 1. The Balaban J connectivity index is 2.59. The van der Waals surface area contributed by atoms with Gasteiger partial charge in [-0.05, 0) is 19.4 Å². The quantitative estimate of drug-likeness (QED) is 0.603. The second-order valence-electron chi connectivity index (χ2n) is 4.16. The van der Waals surface area contributed by atoms with E-state index in [9.17, 15) is 0 Å². The molecule has 1 atom stereocenters. The molecular weight excluding hydrogens is 214 g/mol. The molecule has 1 aromatic rings. The molecule has 1 aromatic carbocycles. The van der Waals surface area contributed by atoms with Crippen LogP contribution in [0.25, 0.3) is 0 Å². The zero-order valence-electron chi connectivity index (χ0n) is 10.7. The van der Waals surface area contributed by atoms with Gasteiger partial charge in [0.25, 0.3) is 0 Å². The molecule has 94 valence electrons. The maximum atomic E-state index is 5.74. The van der Waals surface area contributed by atoms with E-state index in [1.807, 2.05) is 44.2 Å². The highest BCUT2D eigenvalue weighted by atomic mass is 16.5. The van der Waals surface area contributed by atoms with E-state index in [-0.39, 0.29) is 12.1 Å². The van der Waals surface area contributed by atoms with Crippen molar-refractivity contribution in [2.75, 3.05) is 13.7 Å². The Kier molecular flexibility index (Phi) is 5.49. The number of nitrogens with two attached hydrogens (primary N) is 1. The molecule has 0 bridgehead atoms. The van der Waals surface area contributed by atoms with Crippen LogP contribution in [0.2, 0.25) is 0 Å². The molecular formula is C13H21N3O. The molecule has 0 saturated carbocycles. The number of nitrogens with zero attached hydrogens (tertiary/aromatic N) is 1. The van der Waals surface area contributed by atoms with Gasteiger partial charge in [0.05, 0.1) is 6.54 Å². The fourth-order valence-electron chi connectivity index (χ4n) is 1.51. The predicted molar refractivity (Wildman–Crippen MR) is 71.0 cm³/mol. The van der Waals surface area contributed by atoms with Gasteiger partial charge in [-0.2, -0.15) is 0 Å². The maximum absolute atomic E-state index is 5.74. The molecule has 1 rings (SSSR count). The van der Waals surface area contributed by atoms with Gasteiger partial charge >= 0.3 is 0 Å². The highest BCUT2D eigenvalue weighted by Gasteiger charge is 2.09. The van der Waals surface area contributed by atoms with Crippen LogP contribution in [0.4, 0.5) is 0 Å². The average molecular weight is 235 g/mol. The van der Waals surface area contributed by atoms with Gasteiger partial charge in [-0.25, -0.2) is 0 Å². The van der Waals surface area contributed by atoms with E-state index in [1.165, 1.54) is 0 Å². The van der Waals surface area contributed by atoms with Gasteiger partial charge in [0.15, 0.2) is 5.96 Å². The Labute approximate surface area is 103 Å². The van der Waals surface area contributed by atoms with Crippen molar-refractivity contribution >= 4 is 5.96 Å². The van der Waals surface area contributed by atoms with Crippen LogP contribution in [-0.4, -0.2) is 25.7 Å². The van der Waals surface area contributed by atoms with Crippen LogP contribution in [0.15, 0.2) is 35.3 Å². The first kappa shape index (κ1) is 13.5. The summed E-state index contributed by atoms with van der Waals surface area (Å²) in [5.41, 5.74) is 6.85. The van der Waals surface area contributed by atoms with Crippen molar-refractivity contribution in [1.29, 1.82) is 0 Å². The van der Waals surface area contributed by atoms with Crippen LogP contribution in [0.5, 0.6) is 0 Å². The number of nitrogens with one attached hydrogen (secondary N) is 1. The Bertz CT molecular complexity index is 349. The lowest BCUT2D eigenvalue weighted by atomic mass is 10.1. The summed E-state index contributed by atoms with van der Waals surface area (Å²) in [5, 5.41) is 3.05. The van der Waals surface area contributed by atoms with E-state index in [1.54, 1.807) is 7.11 Å². The normalized spacial score (nSPS) is 13.8. The van der Waals surface area contributed by atoms with Crippen LogP contribution in [0.1, 0.15) is 25.5 Å². The van der Waals surface area contributed by atoms with Gasteiger partial charge in [-0.15, -0.1) is 0 Å². The highest BCUT2D eigenvalue weighted by molar-refractivity contribution is 5.78.